The van der Waals surface area contributed by atoms with E-state index in [0.717, 1.165) is 11.8 Å². The number of rotatable bonds is 6. The van der Waals surface area contributed by atoms with Crippen LogP contribution in [0.15, 0.2) is 0 Å². The molecule has 0 bridgehead atoms. The van der Waals surface area contributed by atoms with Crippen molar-refractivity contribution in [1.29, 1.82) is 0 Å². The standard InChI is InChI=1S/C13H26BrN/c1-3-12(4-2)10-15-9-5-6-13(11-15)7-8-14/h12-13H,3-11H2,1-2H3. The van der Waals surface area contributed by atoms with Gasteiger partial charge in [-0.05, 0) is 37.6 Å². The van der Waals surface area contributed by atoms with E-state index in [0.29, 0.717) is 0 Å². The second-order valence-electron chi connectivity index (χ2n) is 4.93. The van der Waals surface area contributed by atoms with Crippen LogP contribution < -0.4 is 0 Å². The van der Waals surface area contributed by atoms with Crippen LogP contribution in [0.4, 0.5) is 0 Å². The molecule has 0 spiro atoms. The maximum atomic E-state index is 3.56. The fraction of sp³-hybridized carbons (Fsp3) is 1.00. The van der Waals surface area contributed by atoms with E-state index in [9.17, 15) is 0 Å². The topological polar surface area (TPSA) is 3.24 Å². The van der Waals surface area contributed by atoms with Crippen molar-refractivity contribution >= 4 is 15.9 Å². The summed E-state index contributed by atoms with van der Waals surface area (Å²) in [7, 11) is 0. The molecule has 0 radical (unpaired) electrons. The number of nitrogens with zero attached hydrogens (tertiary/aromatic N) is 1. The quantitative estimate of drug-likeness (QED) is 0.665. The van der Waals surface area contributed by atoms with Crippen LogP contribution in [0.1, 0.15) is 46.0 Å². The predicted octanol–water partition coefficient (Wildman–Crippen LogP) is 3.92. The van der Waals surface area contributed by atoms with Gasteiger partial charge in [0, 0.05) is 18.4 Å². The zero-order chi connectivity index (χ0) is 11.1. The minimum atomic E-state index is 0.924. The molecule has 0 N–H and O–H groups in total. The molecule has 0 amide bonds. The van der Waals surface area contributed by atoms with E-state index in [4.69, 9.17) is 0 Å². The van der Waals surface area contributed by atoms with Crippen LogP contribution in [0.25, 0.3) is 0 Å². The van der Waals surface area contributed by atoms with Crippen molar-refractivity contribution in [2.45, 2.75) is 46.0 Å². The third-order valence-electron chi connectivity index (χ3n) is 3.79. The molecule has 1 heterocycles. The molecule has 1 rings (SSSR count). The van der Waals surface area contributed by atoms with Gasteiger partial charge in [0.15, 0.2) is 0 Å². The zero-order valence-electron chi connectivity index (χ0n) is 10.3. The van der Waals surface area contributed by atoms with Crippen molar-refractivity contribution in [3.05, 3.63) is 0 Å². The summed E-state index contributed by atoms with van der Waals surface area (Å²) in [6.45, 7) is 8.69. The molecule has 0 aromatic heterocycles. The second-order valence-corrected chi connectivity index (χ2v) is 5.72. The van der Waals surface area contributed by atoms with E-state index in [1.54, 1.807) is 0 Å². The molecule has 2 heteroatoms. The molecule has 1 nitrogen and oxygen atoms in total. The van der Waals surface area contributed by atoms with Gasteiger partial charge in [0.2, 0.25) is 0 Å². The molecule has 0 aromatic carbocycles. The fourth-order valence-corrected chi connectivity index (χ4v) is 3.27. The molecule has 1 aliphatic heterocycles. The minimum Gasteiger partial charge on any atom is -0.303 e. The first-order valence-corrected chi connectivity index (χ1v) is 7.70. The van der Waals surface area contributed by atoms with Gasteiger partial charge in [0.1, 0.15) is 0 Å². The Morgan fingerprint density at radius 3 is 2.67 bits per heavy atom. The molecule has 0 aromatic rings. The lowest BCUT2D eigenvalue weighted by atomic mass is 9.94. The van der Waals surface area contributed by atoms with Gasteiger partial charge in [0.25, 0.3) is 0 Å². The maximum Gasteiger partial charge on any atom is 0.00344 e. The van der Waals surface area contributed by atoms with Crippen molar-refractivity contribution in [2.24, 2.45) is 11.8 Å². The summed E-state index contributed by atoms with van der Waals surface area (Å²) in [4.78, 5) is 2.70. The van der Waals surface area contributed by atoms with Crippen LogP contribution in [0.3, 0.4) is 0 Å². The number of piperidine rings is 1. The molecule has 15 heavy (non-hydrogen) atoms. The fourth-order valence-electron chi connectivity index (χ4n) is 2.62. The molecule has 1 atom stereocenters. The Balaban J connectivity index is 2.28. The minimum absolute atomic E-state index is 0.924. The first-order chi connectivity index (χ1) is 7.30. The van der Waals surface area contributed by atoms with Gasteiger partial charge in [-0.1, -0.05) is 42.6 Å². The molecule has 1 unspecified atom stereocenters. The molecule has 1 saturated heterocycles. The van der Waals surface area contributed by atoms with Gasteiger partial charge >= 0.3 is 0 Å². The maximum absolute atomic E-state index is 3.56. The van der Waals surface area contributed by atoms with Crippen LogP contribution in [-0.4, -0.2) is 29.9 Å². The van der Waals surface area contributed by atoms with Crippen molar-refractivity contribution in [2.75, 3.05) is 25.0 Å². The zero-order valence-corrected chi connectivity index (χ0v) is 11.9. The van der Waals surface area contributed by atoms with E-state index in [1.807, 2.05) is 0 Å². The SMILES string of the molecule is CCC(CC)CN1CCCC(CCBr)C1. The number of halogens is 1. The smallest absolute Gasteiger partial charge is 0.00344 e. The summed E-state index contributed by atoms with van der Waals surface area (Å²) in [5.41, 5.74) is 0. The summed E-state index contributed by atoms with van der Waals surface area (Å²) >= 11 is 3.56. The van der Waals surface area contributed by atoms with Gasteiger partial charge in [-0.15, -0.1) is 0 Å². The van der Waals surface area contributed by atoms with E-state index in [-0.39, 0.29) is 0 Å². The Labute approximate surface area is 104 Å². The lowest BCUT2D eigenvalue weighted by Crippen LogP contribution is -2.38. The van der Waals surface area contributed by atoms with Crippen molar-refractivity contribution in [3.63, 3.8) is 0 Å². The van der Waals surface area contributed by atoms with Crippen LogP contribution >= 0.6 is 15.9 Å². The molecule has 0 aliphatic carbocycles. The summed E-state index contributed by atoms with van der Waals surface area (Å²) in [5.74, 6) is 1.88. The van der Waals surface area contributed by atoms with Crippen LogP contribution in [0, 0.1) is 11.8 Å². The van der Waals surface area contributed by atoms with Crippen molar-refractivity contribution in [1.82, 2.24) is 4.90 Å². The molecular formula is C13H26BrN. The normalized spacial score (nSPS) is 23.6. The Morgan fingerprint density at radius 2 is 2.07 bits per heavy atom. The van der Waals surface area contributed by atoms with Crippen molar-refractivity contribution < 1.29 is 0 Å². The third kappa shape index (κ3) is 4.86. The van der Waals surface area contributed by atoms with E-state index < -0.39 is 0 Å². The predicted molar refractivity (Wildman–Crippen MR) is 71.6 cm³/mol. The first-order valence-electron chi connectivity index (χ1n) is 6.58. The van der Waals surface area contributed by atoms with Crippen LogP contribution in [-0.2, 0) is 0 Å². The van der Waals surface area contributed by atoms with Gasteiger partial charge in [-0.25, -0.2) is 0 Å². The van der Waals surface area contributed by atoms with Gasteiger partial charge in [-0.3, -0.25) is 0 Å². The third-order valence-corrected chi connectivity index (χ3v) is 4.25. The summed E-state index contributed by atoms with van der Waals surface area (Å²) < 4.78 is 0. The highest BCUT2D eigenvalue weighted by molar-refractivity contribution is 9.09. The Bertz CT molecular complexity index is 155. The summed E-state index contributed by atoms with van der Waals surface area (Å²) in [6.07, 6.45) is 6.91. The van der Waals surface area contributed by atoms with Crippen LogP contribution in [0.2, 0.25) is 0 Å². The van der Waals surface area contributed by atoms with E-state index >= 15 is 0 Å². The second kappa shape index (κ2) is 7.67. The monoisotopic (exact) mass is 275 g/mol. The molecule has 1 fully saturated rings. The largest absolute Gasteiger partial charge is 0.303 e. The summed E-state index contributed by atoms with van der Waals surface area (Å²) in [6, 6.07) is 0. The average molecular weight is 276 g/mol. The Kier molecular flexibility index (Phi) is 6.91. The molecule has 90 valence electrons. The van der Waals surface area contributed by atoms with E-state index in [1.165, 1.54) is 57.1 Å². The summed E-state index contributed by atoms with van der Waals surface area (Å²) in [5, 5.41) is 1.18. The van der Waals surface area contributed by atoms with E-state index in [2.05, 4.69) is 34.7 Å². The van der Waals surface area contributed by atoms with Gasteiger partial charge < -0.3 is 4.90 Å². The highest BCUT2D eigenvalue weighted by atomic mass is 79.9. The average Bonchev–Trinajstić information content (AvgIpc) is 2.27. The first kappa shape index (κ1) is 13.5. The lowest BCUT2D eigenvalue weighted by Gasteiger charge is -2.34. The highest BCUT2D eigenvalue weighted by Crippen LogP contribution is 2.22. The number of hydrogen-bond donors (Lipinski definition) is 0. The lowest BCUT2D eigenvalue weighted by molar-refractivity contribution is 0.146. The molecular weight excluding hydrogens is 250 g/mol. The molecule has 0 saturated carbocycles. The Morgan fingerprint density at radius 1 is 1.33 bits per heavy atom. The number of hydrogen-bond acceptors (Lipinski definition) is 1. The number of likely N-dealkylation sites (tertiary alicyclic amines) is 1. The van der Waals surface area contributed by atoms with Gasteiger partial charge in [0.05, 0.1) is 0 Å². The van der Waals surface area contributed by atoms with Gasteiger partial charge in [-0.2, -0.15) is 0 Å². The molecule has 1 aliphatic rings. The van der Waals surface area contributed by atoms with Crippen LogP contribution in [0.5, 0.6) is 0 Å². The Hall–Kier alpha value is 0.440. The van der Waals surface area contributed by atoms with Crippen molar-refractivity contribution in [3.8, 4) is 0 Å². The highest BCUT2D eigenvalue weighted by Gasteiger charge is 2.20. The number of alkyl halides is 1.